The fraction of sp³-hybridized carbons (Fsp3) is 0.500. The summed E-state index contributed by atoms with van der Waals surface area (Å²) in [6.45, 7) is 10.1. The SMILES string of the molecule is CC1=CC(C)(NS(=O)(=O)C(C)(C)C)CC=C1C(=O)N[C@H]1C=CC(N2CCC(O)(c3ccc(Cl)cc3)CC2)=CC1. The number of nitrogens with zero attached hydrogens (tertiary/aromatic N) is 1. The predicted octanol–water partition coefficient (Wildman–Crippen LogP) is 4.71. The van der Waals surface area contributed by atoms with Crippen LogP contribution in [0, 0.1) is 0 Å². The minimum atomic E-state index is -3.54. The van der Waals surface area contributed by atoms with Crippen molar-refractivity contribution in [3.63, 3.8) is 0 Å². The maximum absolute atomic E-state index is 13.1. The number of hydrogen-bond acceptors (Lipinski definition) is 5. The lowest BCUT2D eigenvalue weighted by Gasteiger charge is -2.40. The Balaban J connectivity index is 1.31. The van der Waals surface area contributed by atoms with Crippen molar-refractivity contribution in [2.24, 2.45) is 0 Å². The molecule has 4 rings (SSSR count). The molecule has 3 aliphatic rings. The Morgan fingerprint density at radius 3 is 2.31 bits per heavy atom. The third-order valence-corrected chi connectivity index (χ3v) is 10.4. The molecule has 0 spiro atoms. The number of aliphatic hydroxyl groups is 1. The van der Waals surface area contributed by atoms with E-state index in [1.165, 1.54) is 0 Å². The van der Waals surface area contributed by atoms with Gasteiger partial charge < -0.3 is 15.3 Å². The van der Waals surface area contributed by atoms with E-state index in [1.807, 2.05) is 62.4 Å². The first-order chi connectivity index (χ1) is 18.1. The molecule has 2 aliphatic carbocycles. The summed E-state index contributed by atoms with van der Waals surface area (Å²) < 4.78 is 27.3. The zero-order valence-corrected chi connectivity index (χ0v) is 25.0. The highest BCUT2D eigenvalue weighted by Gasteiger charge is 2.38. The van der Waals surface area contributed by atoms with Crippen molar-refractivity contribution in [1.29, 1.82) is 0 Å². The van der Waals surface area contributed by atoms with Crippen LogP contribution in [0.3, 0.4) is 0 Å². The quantitative estimate of drug-likeness (QED) is 0.458. The van der Waals surface area contributed by atoms with Gasteiger partial charge in [-0.1, -0.05) is 48.0 Å². The lowest BCUT2D eigenvalue weighted by molar-refractivity contribution is -0.117. The first-order valence-electron chi connectivity index (χ1n) is 13.5. The number of amides is 1. The number of nitrogens with one attached hydrogen (secondary N) is 2. The van der Waals surface area contributed by atoms with Crippen LogP contribution < -0.4 is 10.0 Å². The fourth-order valence-electron chi connectivity index (χ4n) is 5.27. The number of benzene rings is 1. The van der Waals surface area contributed by atoms with Gasteiger partial charge in [-0.05, 0) is 89.6 Å². The molecule has 212 valence electrons. The third kappa shape index (κ3) is 6.68. The van der Waals surface area contributed by atoms with Gasteiger partial charge in [-0.25, -0.2) is 13.1 Å². The molecule has 2 atom stereocenters. The summed E-state index contributed by atoms with van der Waals surface area (Å²) in [5.74, 6) is -0.165. The normalized spacial score (nSPS) is 25.5. The molecule has 0 bridgehead atoms. The Kier molecular flexibility index (Phi) is 8.26. The van der Waals surface area contributed by atoms with Crippen molar-refractivity contribution >= 4 is 27.5 Å². The molecular formula is C30H40ClN3O4S. The molecule has 1 unspecified atom stereocenters. The second kappa shape index (κ2) is 10.9. The van der Waals surface area contributed by atoms with Gasteiger partial charge in [0.15, 0.2) is 0 Å². The number of likely N-dealkylation sites (tertiary alicyclic amines) is 1. The largest absolute Gasteiger partial charge is 0.385 e. The summed E-state index contributed by atoms with van der Waals surface area (Å²) in [5, 5.41) is 14.9. The second-order valence-corrected chi connectivity index (χ2v) is 15.0. The van der Waals surface area contributed by atoms with Crippen molar-refractivity contribution in [2.45, 2.75) is 82.2 Å². The molecule has 1 aromatic carbocycles. The molecule has 7 nitrogen and oxygen atoms in total. The van der Waals surface area contributed by atoms with E-state index in [2.05, 4.69) is 21.0 Å². The molecule has 0 radical (unpaired) electrons. The van der Waals surface area contributed by atoms with Crippen LogP contribution in [-0.2, 0) is 20.4 Å². The van der Waals surface area contributed by atoms with Gasteiger partial charge in [0, 0.05) is 29.4 Å². The Morgan fingerprint density at radius 1 is 1.13 bits per heavy atom. The molecule has 1 amide bonds. The van der Waals surface area contributed by atoms with Gasteiger partial charge in [0.05, 0.1) is 21.9 Å². The number of carbonyl (C=O) groups excluding carboxylic acids is 1. The van der Waals surface area contributed by atoms with E-state index in [0.29, 0.717) is 36.3 Å². The number of carbonyl (C=O) groups is 1. The summed E-state index contributed by atoms with van der Waals surface area (Å²) >= 11 is 6.00. The van der Waals surface area contributed by atoms with Crippen molar-refractivity contribution in [3.8, 4) is 0 Å². The summed E-state index contributed by atoms with van der Waals surface area (Å²) in [7, 11) is -3.54. The molecule has 1 aliphatic heterocycles. The summed E-state index contributed by atoms with van der Waals surface area (Å²) in [6.07, 6.45) is 12.2. The molecular weight excluding hydrogens is 534 g/mol. The summed E-state index contributed by atoms with van der Waals surface area (Å²) in [5.41, 5.74) is 1.69. The standard InChI is InChI=1S/C30H40ClN3O4S/c1-21-20-29(5,33-39(37,38)28(2,3)4)15-14-26(21)27(35)32-24-10-12-25(13-11-24)34-18-16-30(36,17-19-34)22-6-8-23(31)9-7-22/h6-10,12-14,20,24,33,36H,11,15-19H2,1-5H3,(H,32,35)/t24-,29?/m0/s1. The molecule has 9 heteroatoms. The van der Waals surface area contributed by atoms with Gasteiger partial charge in [-0.3, -0.25) is 4.79 Å². The van der Waals surface area contributed by atoms with E-state index < -0.39 is 25.9 Å². The molecule has 3 N–H and O–H groups in total. The third-order valence-electron chi connectivity index (χ3n) is 7.84. The minimum absolute atomic E-state index is 0.126. The van der Waals surface area contributed by atoms with Crippen LogP contribution in [0.1, 0.15) is 65.9 Å². The molecule has 0 aromatic heterocycles. The number of hydrogen-bond donors (Lipinski definition) is 3. The maximum atomic E-state index is 13.1. The highest BCUT2D eigenvalue weighted by atomic mass is 35.5. The maximum Gasteiger partial charge on any atom is 0.251 e. The van der Waals surface area contributed by atoms with Crippen LogP contribution in [0.15, 0.2) is 71.5 Å². The highest BCUT2D eigenvalue weighted by molar-refractivity contribution is 7.90. The van der Waals surface area contributed by atoms with E-state index in [4.69, 9.17) is 11.6 Å². The number of allylic oxidation sites excluding steroid dienone is 1. The smallest absolute Gasteiger partial charge is 0.251 e. The Labute approximate surface area is 237 Å². The predicted molar refractivity (Wildman–Crippen MR) is 157 cm³/mol. The van der Waals surface area contributed by atoms with E-state index in [0.717, 1.165) is 29.9 Å². The van der Waals surface area contributed by atoms with Gasteiger partial charge in [0.2, 0.25) is 10.0 Å². The van der Waals surface area contributed by atoms with E-state index in [9.17, 15) is 18.3 Å². The molecule has 0 saturated carbocycles. The molecule has 1 aromatic rings. The molecule has 1 fully saturated rings. The first kappa shape index (κ1) is 29.6. The lowest BCUT2D eigenvalue weighted by atomic mass is 9.84. The van der Waals surface area contributed by atoms with Gasteiger partial charge >= 0.3 is 0 Å². The van der Waals surface area contributed by atoms with Crippen LogP contribution in [-0.4, -0.2) is 53.7 Å². The minimum Gasteiger partial charge on any atom is -0.385 e. The number of piperidine rings is 1. The zero-order valence-electron chi connectivity index (χ0n) is 23.4. The molecule has 1 saturated heterocycles. The van der Waals surface area contributed by atoms with E-state index in [-0.39, 0.29) is 11.9 Å². The average molecular weight is 574 g/mol. The van der Waals surface area contributed by atoms with Gasteiger partial charge in [-0.15, -0.1) is 0 Å². The van der Waals surface area contributed by atoms with Crippen molar-refractivity contribution < 1.29 is 18.3 Å². The van der Waals surface area contributed by atoms with E-state index in [1.54, 1.807) is 20.8 Å². The monoisotopic (exact) mass is 573 g/mol. The van der Waals surface area contributed by atoms with Gasteiger partial charge in [0.25, 0.3) is 5.91 Å². The Hall–Kier alpha value is -2.39. The number of rotatable bonds is 6. The van der Waals surface area contributed by atoms with Crippen molar-refractivity contribution in [2.75, 3.05) is 13.1 Å². The van der Waals surface area contributed by atoms with Gasteiger partial charge in [-0.2, -0.15) is 0 Å². The fourth-order valence-corrected chi connectivity index (χ4v) is 6.46. The Morgan fingerprint density at radius 2 is 1.77 bits per heavy atom. The lowest BCUT2D eigenvalue weighted by Crippen LogP contribution is -2.51. The van der Waals surface area contributed by atoms with Crippen LogP contribution in [0.5, 0.6) is 0 Å². The molecule has 39 heavy (non-hydrogen) atoms. The van der Waals surface area contributed by atoms with Crippen LogP contribution in [0.2, 0.25) is 5.02 Å². The van der Waals surface area contributed by atoms with Gasteiger partial charge in [0.1, 0.15) is 0 Å². The van der Waals surface area contributed by atoms with Crippen molar-refractivity contribution in [1.82, 2.24) is 14.9 Å². The van der Waals surface area contributed by atoms with Crippen LogP contribution >= 0.6 is 11.6 Å². The Bertz CT molecular complexity index is 1330. The summed E-state index contributed by atoms with van der Waals surface area (Å²) in [6, 6.07) is 7.30. The summed E-state index contributed by atoms with van der Waals surface area (Å²) in [4.78, 5) is 15.4. The number of sulfonamides is 1. The highest BCUT2D eigenvalue weighted by Crippen LogP contribution is 2.35. The first-order valence-corrected chi connectivity index (χ1v) is 15.3. The van der Waals surface area contributed by atoms with E-state index >= 15 is 0 Å². The van der Waals surface area contributed by atoms with Crippen LogP contribution in [0.4, 0.5) is 0 Å². The average Bonchev–Trinajstić information content (AvgIpc) is 2.84. The second-order valence-electron chi connectivity index (χ2n) is 12.1. The molecule has 1 heterocycles. The van der Waals surface area contributed by atoms with Crippen LogP contribution in [0.25, 0.3) is 0 Å². The zero-order chi connectivity index (χ0) is 28.6. The topological polar surface area (TPSA) is 98.7 Å². The number of halogens is 1. The van der Waals surface area contributed by atoms with Crippen molar-refractivity contribution in [3.05, 3.63) is 82.1 Å².